The molecule has 0 aliphatic rings. The Balaban J connectivity index is 0.000000183. The van der Waals surface area contributed by atoms with E-state index in [9.17, 15) is 13.0 Å². The van der Waals surface area contributed by atoms with Gasteiger partial charge in [-0.2, -0.15) is 5.10 Å². The number of H-pyrrole nitrogens is 2. The van der Waals surface area contributed by atoms with Crippen molar-refractivity contribution in [3.63, 3.8) is 0 Å². The van der Waals surface area contributed by atoms with E-state index in [1.807, 2.05) is 0 Å². The van der Waals surface area contributed by atoms with Crippen LogP contribution in [0.25, 0.3) is 0 Å². The van der Waals surface area contributed by atoms with E-state index in [0.717, 1.165) is 7.11 Å². The molecule has 0 saturated carbocycles. The van der Waals surface area contributed by atoms with Crippen molar-refractivity contribution in [2.24, 2.45) is 0 Å². The average molecular weight is 182 g/mol. The predicted molar refractivity (Wildman–Crippen MR) is 29.6 cm³/mol. The zero-order valence-corrected chi connectivity index (χ0v) is 6.33. The Bertz CT molecular complexity index is 236. The van der Waals surface area contributed by atoms with E-state index in [1.54, 1.807) is 0 Å². The summed E-state index contributed by atoms with van der Waals surface area (Å²) in [5.74, 6) is 0. The molecule has 0 amide bonds. The third kappa shape index (κ3) is 8.94. The number of aromatic amines is 2. The van der Waals surface area contributed by atoms with Gasteiger partial charge in [0.15, 0.2) is 5.21 Å². The van der Waals surface area contributed by atoms with Crippen molar-refractivity contribution in [2.75, 3.05) is 7.11 Å². The summed E-state index contributed by atoms with van der Waals surface area (Å²) in [6.07, 6.45) is 1.46. The van der Waals surface area contributed by atoms with Crippen molar-refractivity contribution in [1.82, 2.24) is 15.5 Å². The number of rotatable bonds is 1. The minimum atomic E-state index is -4.41. The maximum absolute atomic E-state index is 9.22. The van der Waals surface area contributed by atoms with Crippen LogP contribution in [0.4, 0.5) is 0 Å². The van der Waals surface area contributed by atoms with Gasteiger partial charge in [-0.3, -0.25) is 4.18 Å². The summed E-state index contributed by atoms with van der Waals surface area (Å²) in [4.78, 5) is 0. The van der Waals surface area contributed by atoms with Gasteiger partial charge in [0, 0.05) is 0 Å². The summed E-state index contributed by atoms with van der Waals surface area (Å²) in [5, 5.41) is 11.5. The quantitative estimate of drug-likeness (QED) is 0.385. The lowest BCUT2D eigenvalue weighted by atomic mass is 11.4. The molecule has 0 bridgehead atoms. The van der Waals surface area contributed by atoms with Gasteiger partial charge in [0.2, 0.25) is 10.4 Å². The maximum Gasteiger partial charge on any atom is 0.286 e. The van der Waals surface area contributed by atoms with E-state index in [-0.39, 0.29) is 0 Å². The fourth-order valence-corrected chi connectivity index (χ4v) is 0.144. The van der Waals surface area contributed by atoms with E-state index in [4.69, 9.17) is 0 Å². The molecule has 2 N–H and O–H groups in total. The van der Waals surface area contributed by atoms with Gasteiger partial charge in [-0.05, 0) is 0 Å². The standard InChI is InChI=1S/CH2N4.CH4O4S/c1-2-4-5-3-1;1-5-6(2,3)4/h1H,(H,2,3,4,5);1H3,(H,2,3,4). The van der Waals surface area contributed by atoms with Crippen LogP contribution in [0.3, 0.4) is 0 Å². The van der Waals surface area contributed by atoms with Gasteiger partial charge in [0.05, 0.1) is 7.11 Å². The molecule has 0 fully saturated rings. The van der Waals surface area contributed by atoms with E-state index in [1.165, 1.54) is 6.33 Å². The predicted octanol–water partition coefficient (Wildman–Crippen LogP) is -2.29. The molecule has 0 aliphatic heterocycles. The van der Waals surface area contributed by atoms with Crippen molar-refractivity contribution in [2.45, 2.75) is 0 Å². The lowest BCUT2D eigenvalue weighted by Gasteiger charge is -1.98. The van der Waals surface area contributed by atoms with Crippen LogP contribution < -0.4 is 5.10 Å². The highest BCUT2D eigenvalue weighted by Gasteiger charge is 1.79. The molecule has 0 spiro atoms. The van der Waals surface area contributed by atoms with Crippen molar-refractivity contribution in [3.05, 3.63) is 6.33 Å². The number of hydrogen-bond donors (Lipinski definition) is 1. The Hall–Kier alpha value is -1.06. The lowest BCUT2D eigenvalue weighted by Crippen LogP contribution is -1.97. The molecule has 0 unspecified atom stereocenters. The summed E-state index contributed by atoms with van der Waals surface area (Å²) in [7, 11) is -3.60. The van der Waals surface area contributed by atoms with E-state index in [2.05, 4.69) is 24.8 Å². The van der Waals surface area contributed by atoms with Crippen LogP contribution in [0.2, 0.25) is 0 Å². The van der Waals surface area contributed by atoms with Gasteiger partial charge in [0.1, 0.15) is 5.10 Å². The minimum absolute atomic E-state index is 0.808. The van der Waals surface area contributed by atoms with Gasteiger partial charge in [-0.15, -0.1) is 0 Å². The Morgan fingerprint density at radius 2 is 2.27 bits per heavy atom. The highest BCUT2D eigenvalue weighted by Crippen LogP contribution is 1.74. The van der Waals surface area contributed by atoms with Crippen LogP contribution >= 0.6 is 0 Å². The van der Waals surface area contributed by atoms with Crippen LogP contribution in [0.15, 0.2) is 6.33 Å². The lowest BCUT2D eigenvalue weighted by molar-refractivity contribution is -0.456. The molecule has 1 rings (SSSR count). The van der Waals surface area contributed by atoms with Crippen LogP contribution in [0, 0.1) is 0 Å². The van der Waals surface area contributed by atoms with Crippen LogP contribution in [0.5, 0.6) is 0 Å². The molecule has 1 aromatic rings. The van der Waals surface area contributed by atoms with Crippen molar-refractivity contribution >= 4 is 10.4 Å². The zero-order chi connectivity index (χ0) is 8.74. The van der Waals surface area contributed by atoms with Crippen molar-refractivity contribution in [3.8, 4) is 0 Å². The van der Waals surface area contributed by atoms with Gasteiger partial charge in [-0.25, -0.2) is 8.42 Å². The first kappa shape index (κ1) is 9.94. The number of tetrazole rings is 1. The second-order valence-electron chi connectivity index (χ2n) is 1.18. The molecular formula is C2H6N4O4S. The van der Waals surface area contributed by atoms with Gasteiger partial charge < -0.3 is 4.55 Å². The molecule has 1 aromatic heterocycles. The summed E-state index contributed by atoms with van der Waals surface area (Å²) >= 11 is 0. The highest BCUT2D eigenvalue weighted by molar-refractivity contribution is 7.80. The fourth-order valence-electron chi connectivity index (χ4n) is 0.144. The topological polar surface area (TPSA) is 122 Å². The first-order valence-corrected chi connectivity index (χ1v) is 3.63. The normalized spacial score (nSPS) is 10.0. The Kier molecular flexibility index (Phi) is 4.26. The number of nitrogens with zero attached hydrogens (tertiary/aromatic N) is 2. The molecule has 1 heterocycles. The summed E-state index contributed by atoms with van der Waals surface area (Å²) in [5.41, 5.74) is 0. The third-order valence-electron chi connectivity index (χ3n) is 0.499. The largest absolute Gasteiger partial charge is 0.726 e. The average Bonchev–Trinajstić information content (AvgIpc) is 2.41. The summed E-state index contributed by atoms with van der Waals surface area (Å²) in [6, 6.07) is 0. The molecule has 0 aromatic carbocycles. The van der Waals surface area contributed by atoms with Crippen molar-refractivity contribution < 1.29 is 22.3 Å². The molecule has 0 atom stereocenters. The number of nitrogens with one attached hydrogen (secondary N) is 2. The van der Waals surface area contributed by atoms with E-state index in [0.29, 0.717) is 0 Å². The molecular weight excluding hydrogens is 176 g/mol. The SMILES string of the molecule is COS(=O)(=O)[O-].c1nn[nH][nH+]1. The highest BCUT2D eigenvalue weighted by atomic mass is 32.3. The third-order valence-corrected chi connectivity index (χ3v) is 0.907. The Morgan fingerprint density at radius 3 is 2.36 bits per heavy atom. The molecule has 9 heteroatoms. The zero-order valence-electron chi connectivity index (χ0n) is 5.51. The van der Waals surface area contributed by atoms with Crippen LogP contribution in [-0.2, 0) is 14.6 Å². The second kappa shape index (κ2) is 4.71. The van der Waals surface area contributed by atoms with E-state index < -0.39 is 10.4 Å². The smallest absolute Gasteiger partial charge is 0.286 e. The number of hydrogen-bond acceptors (Lipinski definition) is 6. The molecule has 64 valence electrons. The minimum Gasteiger partial charge on any atom is -0.726 e. The van der Waals surface area contributed by atoms with Crippen LogP contribution in [0.1, 0.15) is 0 Å². The summed E-state index contributed by atoms with van der Waals surface area (Å²) < 4.78 is 31.0. The second-order valence-corrected chi connectivity index (χ2v) is 2.33. The monoisotopic (exact) mass is 182 g/mol. The Labute approximate surface area is 62.5 Å². The van der Waals surface area contributed by atoms with Gasteiger partial charge in [0.25, 0.3) is 6.33 Å². The first-order valence-electron chi connectivity index (χ1n) is 2.30. The molecule has 8 nitrogen and oxygen atoms in total. The molecule has 0 saturated heterocycles. The van der Waals surface area contributed by atoms with E-state index >= 15 is 0 Å². The van der Waals surface area contributed by atoms with Crippen LogP contribution in [-0.4, -0.2) is 35.6 Å². The van der Waals surface area contributed by atoms with Gasteiger partial charge >= 0.3 is 0 Å². The number of aromatic nitrogens is 4. The van der Waals surface area contributed by atoms with Crippen molar-refractivity contribution in [1.29, 1.82) is 0 Å². The Morgan fingerprint density at radius 1 is 1.73 bits per heavy atom. The maximum atomic E-state index is 9.22. The first-order chi connectivity index (χ1) is 5.06. The van der Waals surface area contributed by atoms with Gasteiger partial charge in [-0.1, -0.05) is 5.21 Å². The fraction of sp³-hybridized carbons (Fsp3) is 0.500. The molecule has 0 aliphatic carbocycles. The molecule has 11 heavy (non-hydrogen) atoms. The summed E-state index contributed by atoms with van der Waals surface area (Å²) in [6.45, 7) is 0. The molecule has 0 radical (unpaired) electrons.